The summed E-state index contributed by atoms with van der Waals surface area (Å²) in [6.45, 7) is 5.63. The third kappa shape index (κ3) is 5.03. The van der Waals surface area contributed by atoms with Gasteiger partial charge in [-0.1, -0.05) is 49.7 Å². The highest BCUT2D eigenvalue weighted by Crippen LogP contribution is 2.27. The van der Waals surface area contributed by atoms with Crippen molar-refractivity contribution in [1.29, 1.82) is 0 Å². The third-order valence-electron chi connectivity index (χ3n) is 5.43. The molecular weight excluding hydrogens is 454 g/mol. The zero-order chi connectivity index (χ0) is 24.5. The Bertz CT molecular complexity index is 1520. The largest absolute Gasteiger partial charge is 0.425 e. The number of ether oxygens (including phenoxy) is 1. The first-order valence-corrected chi connectivity index (χ1v) is 12.4. The standard InChI is InChI=1S/C26H25NO6S/c1-16(2)14-23(27-34(30,31)19-11-8-17(3)9-12-19)26(29)32-18-10-13-21-20-6-4-5-7-22(20)25(28)33-24(21)15-18/h4-13,15-16,23,27H,14H2,1-3H3. The van der Waals surface area contributed by atoms with Crippen LogP contribution in [0.1, 0.15) is 25.8 Å². The van der Waals surface area contributed by atoms with Gasteiger partial charge >= 0.3 is 11.6 Å². The average Bonchev–Trinajstić information content (AvgIpc) is 2.78. The Kier molecular flexibility index (Phi) is 6.54. The number of carbonyl (C=O) groups excluding carboxylic acids is 1. The number of rotatable bonds is 7. The fraction of sp³-hybridized carbons (Fsp3) is 0.231. The number of sulfonamides is 1. The molecule has 0 amide bonds. The SMILES string of the molecule is Cc1ccc(S(=O)(=O)NC(CC(C)C)C(=O)Oc2ccc3c(c2)oc(=O)c2ccccc23)cc1. The molecule has 4 rings (SSSR count). The molecule has 0 bridgehead atoms. The zero-order valence-corrected chi connectivity index (χ0v) is 19.9. The highest BCUT2D eigenvalue weighted by atomic mass is 32.2. The Balaban J connectivity index is 1.61. The summed E-state index contributed by atoms with van der Waals surface area (Å²) in [7, 11) is -3.93. The van der Waals surface area contributed by atoms with Gasteiger partial charge in [0.05, 0.1) is 10.3 Å². The Hall–Kier alpha value is -3.49. The molecule has 176 valence electrons. The molecule has 1 aromatic heterocycles. The van der Waals surface area contributed by atoms with Crippen LogP contribution in [0.25, 0.3) is 21.7 Å². The summed E-state index contributed by atoms with van der Waals surface area (Å²) >= 11 is 0. The van der Waals surface area contributed by atoms with Gasteiger partial charge in [-0.15, -0.1) is 0 Å². The van der Waals surface area contributed by atoms with Crippen molar-refractivity contribution in [2.45, 2.75) is 38.1 Å². The quantitative estimate of drug-likeness (QED) is 0.181. The summed E-state index contributed by atoms with van der Waals surface area (Å²) in [6, 6.07) is 17.1. The molecule has 0 aliphatic rings. The second-order valence-corrected chi connectivity index (χ2v) is 10.3. The highest BCUT2D eigenvalue weighted by Gasteiger charge is 2.28. The zero-order valence-electron chi connectivity index (χ0n) is 19.1. The van der Waals surface area contributed by atoms with E-state index in [9.17, 15) is 18.0 Å². The van der Waals surface area contributed by atoms with Crippen LogP contribution in [-0.2, 0) is 14.8 Å². The van der Waals surface area contributed by atoms with Gasteiger partial charge in [0.2, 0.25) is 10.0 Å². The van der Waals surface area contributed by atoms with Crippen molar-refractivity contribution in [3.05, 3.63) is 82.7 Å². The van der Waals surface area contributed by atoms with E-state index in [1.54, 1.807) is 36.4 Å². The van der Waals surface area contributed by atoms with Crippen molar-refractivity contribution in [3.8, 4) is 5.75 Å². The maximum atomic E-state index is 13.0. The van der Waals surface area contributed by atoms with Crippen molar-refractivity contribution >= 4 is 37.7 Å². The van der Waals surface area contributed by atoms with Gasteiger partial charge in [0, 0.05) is 11.5 Å². The lowest BCUT2D eigenvalue weighted by Crippen LogP contribution is -2.43. The minimum Gasteiger partial charge on any atom is -0.425 e. The second-order valence-electron chi connectivity index (χ2n) is 8.63. The molecule has 0 saturated carbocycles. The van der Waals surface area contributed by atoms with Crippen LogP contribution in [0.5, 0.6) is 5.75 Å². The van der Waals surface area contributed by atoms with Crippen molar-refractivity contribution in [3.63, 3.8) is 0 Å². The molecule has 1 unspecified atom stereocenters. The van der Waals surface area contributed by atoms with Gasteiger partial charge in [0.15, 0.2) is 0 Å². The molecule has 1 heterocycles. The molecule has 0 spiro atoms. The fourth-order valence-corrected chi connectivity index (χ4v) is 4.95. The van der Waals surface area contributed by atoms with E-state index in [4.69, 9.17) is 9.15 Å². The molecule has 0 radical (unpaired) electrons. The van der Waals surface area contributed by atoms with Crippen molar-refractivity contribution in [1.82, 2.24) is 4.72 Å². The topological polar surface area (TPSA) is 103 Å². The number of esters is 1. The van der Waals surface area contributed by atoms with Crippen LogP contribution in [0.15, 0.2) is 80.8 Å². The summed E-state index contributed by atoms with van der Waals surface area (Å²) in [5.74, 6) is -0.564. The molecule has 0 saturated heterocycles. The van der Waals surface area contributed by atoms with Crippen LogP contribution < -0.4 is 15.1 Å². The maximum Gasteiger partial charge on any atom is 0.344 e. The van der Waals surface area contributed by atoms with Gasteiger partial charge < -0.3 is 9.15 Å². The molecule has 0 aliphatic carbocycles. The van der Waals surface area contributed by atoms with Crippen molar-refractivity contribution < 1.29 is 22.4 Å². The Morgan fingerprint density at radius 3 is 2.32 bits per heavy atom. The average molecular weight is 480 g/mol. The number of hydrogen-bond acceptors (Lipinski definition) is 6. The summed E-state index contributed by atoms with van der Waals surface area (Å²) in [5.41, 5.74) is 0.706. The molecule has 1 N–H and O–H groups in total. The van der Waals surface area contributed by atoms with Gasteiger partial charge in [-0.05, 0) is 55.0 Å². The normalized spacial score (nSPS) is 12.8. The molecule has 3 aromatic carbocycles. The second kappa shape index (κ2) is 9.40. The van der Waals surface area contributed by atoms with Crippen LogP contribution in [0.3, 0.4) is 0 Å². The van der Waals surface area contributed by atoms with Gasteiger partial charge in [0.1, 0.15) is 17.4 Å². The van der Waals surface area contributed by atoms with Crippen LogP contribution in [0, 0.1) is 12.8 Å². The number of hydrogen-bond donors (Lipinski definition) is 1. The van der Waals surface area contributed by atoms with E-state index in [1.807, 2.05) is 32.9 Å². The summed E-state index contributed by atoms with van der Waals surface area (Å²) in [4.78, 5) is 25.4. The van der Waals surface area contributed by atoms with Gasteiger partial charge in [0.25, 0.3) is 0 Å². The van der Waals surface area contributed by atoms with E-state index in [-0.39, 0.29) is 28.6 Å². The van der Waals surface area contributed by atoms with Crippen LogP contribution in [-0.4, -0.2) is 20.4 Å². The molecule has 1 atom stereocenters. The van der Waals surface area contributed by atoms with Gasteiger partial charge in [-0.2, -0.15) is 4.72 Å². The third-order valence-corrected chi connectivity index (χ3v) is 6.92. The van der Waals surface area contributed by atoms with Gasteiger partial charge in [-0.25, -0.2) is 18.0 Å². The Labute approximate surface area is 197 Å². The van der Waals surface area contributed by atoms with E-state index in [1.165, 1.54) is 18.2 Å². The van der Waals surface area contributed by atoms with Crippen LogP contribution in [0.2, 0.25) is 0 Å². The summed E-state index contributed by atoms with van der Waals surface area (Å²) < 4.78 is 39.1. The fourth-order valence-electron chi connectivity index (χ4n) is 3.75. The van der Waals surface area contributed by atoms with Crippen molar-refractivity contribution in [2.24, 2.45) is 5.92 Å². The highest BCUT2D eigenvalue weighted by molar-refractivity contribution is 7.89. The lowest BCUT2D eigenvalue weighted by atomic mass is 10.0. The minimum atomic E-state index is -3.93. The minimum absolute atomic E-state index is 0.0271. The number of nitrogens with one attached hydrogen (secondary N) is 1. The lowest BCUT2D eigenvalue weighted by Gasteiger charge is -2.19. The number of aryl methyl sites for hydroxylation is 1. The van der Waals surface area contributed by atoms with E-state index in [2.05, 4.69) is 4.72 Å². The number of carbonyl (C=O) groups is 1. The molecule has 34 heavy (non-hydrogen) atoms. The molecule has 7 nitrogen and oxygen atoms in total. The maximum absolute atomic E-state index is 13.0. The molecule has 0 fully saturated rings. The van der Waals surface area contributed by atoms with Crippen LogP contribution >= 0.6 is 0 Å². The smallest absolute Gasteiger partial charge is 0.344 e. The Morgan fingerprint density at radius 2 is 1.65 bits per heavy atom. The monoisotopic (exact) mass is 479 g/mol. The molecule has 8 heteroatoms. The van der Waals surface area contributed by atoms with E-state index < -0.39 is 27.7 Å². The lowest BCUT2D eigenvalue weighted by molar-refractivity contribution is -0.136. The molecule has 4 aromatic rings. The number of fused-ring (bicyclic) bond motifs is 3. The van der Waals surface area contributed by atoms with Crippen LogP contribution in [0.4, 0.5) is 0 Å². The van der Waals surface area contributed by atoms with E-state index in [0.29, 0.717) is 10.8 Å². The Morgan fingerprint density at radius 1 is 0.971 bits per heavy atom. The number of benzene rings is 3. The van der Waals surface area contributed by atoms with E-state index >= 15 is 0 Å². The first-order chi connectivity index (χ1) is 16.1. The predicted molar refractivity (Wildman–Crippen MR) is 130 cm³/mol. The molecule has 0 aliphatic heterocycles. The first kappa shape index (κ1) is 23.7. The van der Waals surface area contributed by atoms with E-state index in [0.717, 1.165) is 10.9 Å². The summed E-state index contributed by atoms with van der Waals surface area (Å²) in [6.07, 6.45) is 0.247. The first-order valence-electron chi connectivity index (χ1n) is 10.9. The predicted octanol–water partition coefficient (Wildman–Crippen LogP) is 4.55. The molecular formula is C26H25NO6S. The summed E-state index contributed by atoms with van der Waals surface area (Å²) in [5, 5.41) is 1.89. The van der Waals surface area contributed by atoms with Gasteiger partial charge in [-0.3, -0.25) is 0 Å². The van der Waals surface area contributed by atoms with Crippen molar-refractivity contribution in [2.75, 3.05) is 0 Å².